The Hall–Kier alpha value is -3.91. The van der Waals surface area contributed by atoms with Gasteiger partial charge in [-0.25, -0.2) is 4.52 Å². The van der Waals surface area contributed by atoms with Crippen molar-refractivity contribution in [2.24, 2.45) is 0 Å². The summed E-state index contributed by atoms with van der Waals surface area (Å²) in [4.78, 5) is 13.3. The summed E-state index contributed by atoms with van der Waals surface area (Å²) >= 11 is 6.19. The number of halogens is 1. The van der Waals surface area contributed by atoms with E-state index in [9.17, 15) is 4.79 Å². The lowest BCUT2D eigenvalue weighted by molar-refractivity contribution is 0.297. The first-order chi connectivity index (χ1) is 16.6. The van der Waals surface area contributed by atoms with Crippen LogP contribution in [0.25, 0.3) is 27.8 Å². The van der Waals surface area contributed by atoms with Crippen LogP contribution >= 0.6 is 11.6 Å². The Bertz CT molecular complexity index is 1630. The molecule has 170 valence electrons. The predicted octanol–water partition coefficient (Wildman–Crippen LogP) is 4.28. The maximum atomic E-state index is 13.3. The number of nitrogens with zero attached hydrogens (tertiary/aromatic N) is 5. The van der Waals surface area contributed by atoms with Crippen LogP contribution in [0.4, 0.5) is 0 Å². The minimum atomic E-state index is -0.239. The van der Waals surface area contributed by atoms with Gasteiger partial charge in [0.1, 0.15) is 5.52 Å². The van der Waals surface area contributed by atoms with Crippen LogP contribution < -0.4 is 15.0 Å². The van der Waals surface area contributed by atoms with Crippen LogP contribution in [0.15, 0.2) is 59.5 Å². The third-order valence-electron chi connectivity index (χ3n) is 5.91. The zero-order chi connectivity index (χ0) is 23.2. The molecule has 2 aromatic carbocycles. The second kappa shape index (κ2) is 8.14. The minimum absolute atomic E-state index is 0.239. The average molecular weight is 474 g/mol. The van der Waals surface area contributed by atoms with Gasteiger partial charge in [0.15, 0.2) is 22.7 Å². The monoisotopic (exact) mass is 473 g/mol. The molecule has 34 heavy (non-hydrogen) atoms. The highest BCUT2D eigenvalue weighted by molar-refractivity contribution is 6.30. The lowest BCUT2D eigenvalue weighted by Crippen LogP contribution is -2.22. The lowest BCUT2D eigenvalue weighted by atomic mass is 10.1. The van der Waals surface area contributed by atoms with E-state index in [2.05, 4.69) is 15.3 Å². The van der Waals surface area contributed by atoms with Crippen molar-refractivity contribution in [1.29, 1.82) is 0 Å². The van der Waals surface area contributed by atoms with Gasteiger partial charge in [0.2, 0.25) is 0 Å². The summed E-state index contributed by atoms with van der Waals surface area (Å²) in [6.45, 7) is 3.52. The molecule has 0 amide bonds. The summed E-state index contributed by atoms with van der Waals surface area (Å²) in [7, 11) is 0. The molecule has 0 N–H and O–H groups in total. The number of benzene rings is 2. The van der Waals surface area contributed by atoms with E-state index in [4.69, 9.17) is 21.1 Å². The largest absolute Gasteiger partial charge is 0.490 e. The number of pyridine rings is 1. The highest BCUT2D eigenvalue weighted by Gasteiger charge is 2.18. The summed E-state index contributed by atoms with van der Waals surface area (Å²) in [6, 6.07) is 15.1. The molecule has 6 rings (SSSR count). The molecule has 0 fully saturated rings. The molecular weight excluding hydrogens is 454 g/mol. The topological polar surface area (TPSA) is 83.5 Å². The molecule has 0 atom stereocenters. The number of hydrogen-bond acceptors (Lipinski definition) is 6. The van der Waals surface area contributed by atoms with Crippen molar-refractivity contribution in [3.8, 4) is 22.6 Å². The highest BCUT2D eigenvalue weighted by Crippen LogP contribution is 2.31. The van der Waals surface area contributed by atoms with Gasteiger partial charge in [0, 0.05) is 17.6 Å². The number of aryl methyl sites for hydroxylation is 1. The van der Waals surface area contributed by atoms with Crippen LogP contribution in [0.5, 0.6) is 11.5 Å². The van der Waals surface area contributed by atoms with Crippen molar-refractivity contribution >= 4 is 28.3 Å². The van der Waals surface area contributed by atoms with E-state index in [1.54, 1.807) is 15.3 Å². The number of ether oxygens (including phenoxy) is 2. The normalized spacial score (nSPS) is 13.4. The SMILES string of the molecule is Cc1nn2c(nnc3c(=O)n(Cc4ccc5c(c4)OCCCO5)ccc32)c1-c1cccc(Cl)c1. The molecule has 0 radical (unpaired) electrons. The fourth-order valence-electron chi connectivity index (χ4n) is 4.30. The van der Waals surface area contributed by atoms with Gasteiger partial charge in [0.25, 0.3) is 5.56 Å². The van der Waals surface area contributed by atoms with Gasteiger partial charge in [-0.1, -0.05) is 29.8 Å². The molecule has 9 heteroatoms. The van der Waals surface area contributed by atoms with E-state index in [1.807, 2.05) is 55.5 Å². The third-order valence-corrected chi connectivity index (χ3v) is 6.14. The molecule has 0 aliphatic carbocycles. The first-order valence-electron chi connectivity index (χ1n) is 11.0. The van der Waals surface area contributed by atoms with Crippen molar-refractivity contribution in [1.82, 2.24) is 24.4 Å². The van der Waals surface area contributed by atoms with Gasteiger partial charge >= 0.3 is 0 Å². The number of hydrogen-bond donors (Lipinski definition) is 0. The fourth-order valence-corrected chi connectivity index (χ4v) is 4.49. The van der Waals surface area contributed by atoms with Crippen LogP contribution in [-0.2, 0) is 6.54 Å². The molecule has 0 spiro atoms. The van der Waals surface area contributed by atoms with Crippen LogP contribution in [0, 0.1) is 6.92 Å². The quantitative estimate of drug-likeness (QED) is 0.389. The fraction of sp³-hybridized carbons (Fsp3) is 0.200. The van der Waals surface area contributed by atoms with Crippen LogP contribution in [0.3, 0.4) is 0 Å². The average Bonchev–Trinajstić information content (AvgIpc) is 3.00. The maximum Gasteiger partial charge on any atom is 0.280 e. The molecular formula is C25H20ClN5O3. The molecule has 5 aromatic rings. The van der Waals surface area contributed by atoms with E-state index < -0.39 is 0 Å². The molecule has 0 saturated heterocycles. The molecule has 4 heterocycles. The van der Waals surface area contributed by atoms with E-state index in [0.717, 1.165) is 34.6 Å². The summed E-state index contributed by atoms with van der Waals surface area (Å²) in [5.41, 5.74) is 4.64. The molecule has 1 aliphatic rings. The first-order valence-corrected chi connectivity index (χ1v) is 11.4. The summed E-state index contributed by atoms with van der Waals surface area (Å²) < 4.78 is 14.8. The number of fused-ring (bicyclic) bond motifs is 4. The number of rotatable bonds is 3. The van der Waals surface area contributed by atoms with Crippen molar-refractivity contribution < 1.29 is 9.47 Å². The van der Waals surface area contributed by atoms with E-state index in [-0.39, 0.29) is 11.1 Å². The predicted molar refractivity (Wildman–Crippen MR) is 129 cm³/mol. The van der Waals surface area contributed by atoms with Crippen molar-refractivity contribution in [3.63, 3.8) is 0 Å². The Labute approximate surface area is 199 Å². The van der Waals surface area contributed by atoms with Crippen LogP contribution in [0.1, 0.15) is 17.7 Å². The first kappa shape index (κ1) is 20.7. The van der Waals surface area contributed by atoms with Crippen LogP contribution in [0.2, 0.25) is 5.02 Å². The van der Waals surface area contributed by atoms with Gasteiger partial charge in [-0.05, 0) is 48.4 Å². The van der Waals surface area contributed by atoms with Gasteiger partial charge in [-0.2, -0.15) is 5.10 Å². The zero-order valence-electron chi connectivity index (χ0n) is 18.4. The molecule has 8 nitrogen and oxygen atoms in total. The second-order valence-corrected chi connectivity index (χ2v) is 8.66. The molecule has 0 unspecified atom stereocenters. The summed E-state index contributed by atoms with van der Waals surface area (Å²) in [6.07, 6.45) is 2.60. The van der Waals surface area contributed by atoms with E-state index in [0.29, 0.717) is 41.7 Å². The summed E-state index contributed by atoms with van der Waals surface area (Å²) in [5, 5.41) is 13.9. The molecule has 1 aliphatic heterocycles. The molecule has 0 bridgehead atoms. The Kier molecular flexibility index (Phi) is 4.95. The Morgan fingerprint density at radius 2 is 1.88 bits per heavy atom. The van der Waals surface area contributed by atoms with Crippen molar-refractivity contribution in [2.75, 3.05) is 13.2 Å². The lowest BCUT2D eigenvalue weighted by Gasteiger charge is -2.11. The second-order valence-electron chi connectivity index (χ2n) is 8.22. The standard InChI is InChI=1S/C25H20ClN5O3/c1-15-22(17-4-2-5-18(26)13-17)24-28-27-23-19(31(24)29-15)8-9-30(25(23)32)14-16-6-7-20-21(12-16)34-11-3-10-33-20/h2,4-9,12-13H,3,10-11,14H2,1H3. The summed E-state index contributed by atoms with van der Waals surface area (Å²) in [5.74, 6) is 1.43. The molecule has 0 saturated carbocycles. The van der Waals surface area contributed by atoms with Gasteiger partial charge < -0.3 is 14.0 Å². The zero-order valence-corrected chi connectivity index (χ0v) is 19.1. The van der Waals surface area contributed by atoms with Gasteiger partial charge in [-0.15, -0.1) is 10.2 Å². The van der Waals surface area contributed by atoms with E-state index >= 15 is 0 Å². The third kappa shape index (κ3) is 3.47. The highest BCUT2D eigenvalue weighted by atomic mass is 35.5. The smallest absolute Gasteiger partial charge is 0.280 e. The Balaban J connectivity index is 1.42. The minimum Gasteiger partial charge on any atom is -0.490 e. The maximum absolute atomic E-state index is 13.3. The van der Waals surface area contributed by atoms with Crippen molar-refractivity contribution in [2.45, 2.75) is 19.9 Å². The molecule has 3 aromatic heterocycles. The van der Waals surface area contributed by atoms with Crippen molar-refractivity contribution in [3.05, 3.63) is 81.4 Å². The Morgan fingerprint density at radius 3 is 2.74 bits per heavy atom. The Morgan fingerprint density at radius 1 is 1.03 bits per heavy atom. The van der Waals surface area contributed by atoms with Gasteiger partial charge in [-0.3, -0.25) is 4.79 Å². The van der Waals surface area contributed by atoms with Gasteiger partial charge in [0.05, 0.1) is 31.0 Å². The van der Waals surface area contributed by atoms with Crippen LogP contribution in [-0.4, -0.2) is 37.6 Å². The van der Waals surface area contributed by atoms with E-state index in [1.165, 1.54) is 0 Å². The number of aromatic nitrogens is 5.